The third-order valence-electron chi connectivity index (χ3n) is 4.59. The van der Waals surface area contributed by atoms with E-state index in [9.17, 15) is 57.1 Å². The number of benzene rings is 3. The summed E-state index contributed by atoms with van der Waals surface area (Å²) < 4.78 is 183. The Morgan fingerprint density at radius 2 is 0.545 bits per heavy atom. The molecule has 1 aliphatic heterocycles. The predicted octanol–water partition coefficient (Wildman–Crippen LogP) is 7.02. The van der Waals surface area contributed by atoms with E-state index in [0.717, 1.165) is 0 Å². The van der Waals surface area contributed by atoms with Gasteiger partial charge in [0.25, 0.3) is 0 Å². The van der Waals surface area contributed by atoms with Crippen LogP contribution in [0.25, 0.3) is 0 Å². The first-order chi connectivity index (χ1) is 15.3. The third kappa shape index (κ3) is 2.77. The van der Waals surface area contributed by atoms with Gasteiger partial charge in [0.2, 0.25) is 5.82 Å². The van der Waals surface area contributed by atoms with Crippen LogP contribution in [-0.4, -0.2) is 0 Å². The van der Waals surface area contributed by atoms with Gasteiger partial charge in [-0.2, -0.15) is 0 Å². The molecule has 0 atom stereocenters. The molecule has 0 radical (unpaired) electrons. The Kier molecular flexibility index (Phi) is 4.90. The molecule has 0 aliphatic carbocycles. The van der Waals surface area contributed by atoms with Crippen molar-refractivity contribution >= 4 is 28.4 Å². The van der Waals surface area contributed by atoms with Gasteiger partial charge >= 0.3 is 0 Å². The molecular weight excluding hydrogens is 491 g/mol. The van der Waals surface area contributed by atoms with Gasteiger partial charge in [0.05, 0.1) is 0 Å². The van der Waals surface area contributed by atoms with Crippen LogP contribution in [0.5, 0.6) is 0 Å². The van der Waals surface area contributed by atoms with Crippen molar-refractivity contribution in [2.24, 2.45) is 0 Å². The van der Waals surface area contributed by atoms with E-state index in [1.54, 1.807) is 0 Å². The van der Waals surface area contributed by atoms with Crippen molar-refractivity contribution in [2.45, 2.75) is 0 Å². The second-order valence-electron chi connectivity index (χ2n) is 6.34. The Hall–Kier alpha value is -3.65. The van der Waals surface area contributed by atoms with E-state index in [1.165, 1.54) is 5.32 Å². The standard InChI is InChI=1S/C18HF13N2/c19-1-4(22)10(28)16(11(29)5(1)23)33-17-12(30)6(24)2(20)8(26)14(17)32-15-9(27)3(21)7(25)13(31)18(15)33/h32H. The second kappa shape index (κ2) is 7.18. The summed E-state index contributed by atoms with van der Waals surface area (Å²) >= 11 is 0. The summed E-state index contributed by atoms with van der Waals surface area (Å²) in [5, 5.41) is 1.38. The number of halogens is 13. The van der Waals surface area contributed by atoms with Crippen molar-refractivity contribution in [1.29, 1.82) is 0 Å². The monoisotopic (exact) mass is 492 g/mol. The van der Waals surface area contributed by atoms with Crippen LogP contribution in [0.1, 0.15) is 0 Å². The van der Waals surface area contributed by atoms with Crippen LogP contribution in [0.4, 0.5) is 85.5 Å². The number of nitrogens with zero attached hydrogens (tertiary/aromatic N) is 1. The highest BCUT2D eigenvalue weighted by Gasteiger charge is 2.43. The first-order valence-electron chi connectivity index (χ1n) is 8.13. The molecule has 15 heteroatoms. The lowest BCUT2D eigenvalue weighted by Crippen LogP contribution is -2.27. The normalized spacial score (nSPS) is 12.6. The van der Waals surface area contributed by atoms with Gasteiger partial charge in [-0.1, -0.05) is 0 Å². The minimum atomic E-state index is -2.82. The summed E-state index contributed by atoms with van der Waals surface area (Å²) in [6.07, 6.45) is 0. The molecule has 0 fully saturated rings. The fourth-order valence-corrected chi connectivity index (χ4v) is 3.14. The predicted molar refractivity (Wildman–Crippen MR) is 83.9 cm³/mol. The SMILES string of the molecule is Fc1c(F)c(F)c(N2c3c(F)c(F)c(F)c(F)c3Nc3c(F)c(F)c(F)c(F)c32)c(F)c1F. The largest absolute Gasteiger partial charge is 0.347 e. The molecular formula is C18HF13N2. The Morgan fingerprint density at radius 3 is 0.879 bits per heavy atom. The van der Waals surface area contributed by atoms with Crippen LogP contribution in [0.15, 0.2) is 0 Å². The molecule has 33 heavy (non-hydrogen) atoms. The maximum atomic E-state index is 14.6. The summed E-state index contributed by atoms with van der Waals surface area (Å²) in [4.78, 5) is -0.834. The molecule has 1 aliphatic rings. The van der Waals surface area contributed by atoms with Gasteiger partial charge in [-0.15, -0.1) is 0 Å². The summed E-state index contributed by atoms with van der Waals surface area (Å²) in [6.45, 7) is 0. The summed E-state index contributed by atoms with van der Waals surface area (Å²) in [7, 11) is 0. The molecule has 174 valence electrons. The van der Waals surface area contributed by atoms with Crippen molar-refractivity contribution in [2.75, 3.05) is 10.2 Å². The summed E-state index contributed by atoms with van der Waals surface area (Å²) in [5.41, 5.74) is -9.87. The van der Waals surface area contributed by atoms with Gasteiger partial charge in [0.1, 0.15) is 28.4 Å². The maximum Gasteiger partial charge on any atom is 0.200 e. The summed E-state index contributed by atoms with van der Waals surface area (Å²) in [5.74, 6) is -34.8. The molecule has 0 spiro atoms. The van der Waals surface area contributed by atoms with Crippen molar-refractivity contribution < 1.29 is 57.1 Å². The number of rotatable bonds is 1. The van der Waals surface area contributed by atoms with Gasteiger partial charge in [-0.25, -0.2) is 57.1 Å². The first-order valence-corrected chi connectivity index (χ1v) is 8.13. The molecule has 2 nitrogen and oxygen atoms in total. The van der Waals surface area contributed by atoms with Gasteiger partial charge in [-0.05, 0) is 0 Å². The molecule has 0 unspecified atom stereocenters. The van der Waals surface area contributed by atoms with E-state index in [0.29, 0.717) is 0 Å². The van der Waals surface area contributed by atoms with E-state index < -0.39 is 109 Å². The Labute approximate surface area is 172 Å². The fourth-order valence-electron chi connectivity index (χ4n) is 3.14. The molecule has 3 aromatic carbocycles. The van der Waals surface area contributed by atoms with E-state index in [-0.39, 0.29) is 0 Å². The fraction of sp³-hybridized carbons (Fsp3) is 0. The maximum absolute atomic E-state index is 14.6. The van der Waals surface area contributed by atoms with Crippen LogP contribution in [-0.2, 0) is 0 Å². The lowest BCUT2D eigenvalue weighted by molar-refractivity contribution is 0.379. The Morgan fingerprint density at radius 1 is 0.303 bits per heavy atom. The number of nitrogens with one attached hydrogen (secondary N) is 1. The first kappa shape index (κ1) is 22.5. The minimum Gasteiger partial charge on any atom is -0.347 e. The molecule has 4 rings (SSSR count). The number of anilines is 5. The lowest BCUT2D eigenvalue weighted by Gasteiger charge is -2.35. The zero-order valence-electron chi connectivity index (χ0n) is 14.9. The van der Waals surface area contributed by atoms with E-state index in [4.69, 9.17) is 0 Å². The van der Waals surface area contributed by atoms with Gasteiger partial charge in [0, 0.05) is 0 Å². The van der Waals surface area contributed by atoms with E-state index in [2.05, 4.69) is 0 Å². The lowest BCUT2D eigenvalue weighted by atomic mass is 10.0. The van der Waals surface area contributed by atoms with Gasteiger partial charge in [-0.3, -0.25) is 4.90 Å². The van der Waals surface area contributed by atoms with E-state index >= 15 is 0 Å². The molecule has 0 saturated heterocycles. The average Bonchev–Trinajstić information content (AvgIpc) is 2.80. The highest BCUT2D eigenvalue weighted by atomic mass is 19.2. The Bertz CT molecular complexity index is 1250. The number of hydrogen-bond acceptors (Lipinski definition) is 2. The number of hydrogen-bond donors (Lipinski definition) is 1. The molecule has 1 heterocycles. The van der Waals surface area contributed by atoms with Gasteiger partial charge < -0.3 is 5.32 Å². The van der Waals surface area contributed by atoms with Crippen LogP contribution < -0.4 is 10.2 Å². The highest BCUT2D eigenvalue weighted by molar-refractivity contribution is 5.98. The van der Waals surface area contributed by atoms with E-state index in [1.807, 2.05) is 0 Å². The molecule has 0 amide bonds. The second-order valence-corrected chi connectivity index (χ2v) is 6.34. The van der Waals surface area contributed by atoms with Crippen molar-refractivity contribution in [1.82, 2.24) is 0 Å². The molecule has 0 saturated carbocycles. The topological polar surface area (TPSA) is 15.3 Å². The van der Waals surface area contributed by atoms with Gasteiger partial charge in [0.15, 0.2) is 69.8 Å². The minimum absolute atomic E-state index is 0.834. The quantitative estimate of drug-likeness (QED) is 0.175. The molecule has 0 aromatic heterocycles. The van der Waals surface area contributed by atoms with Crippen molar-refractivity contribution in [3.63, 3.8) is 0 Å². The molecule has 3 aromatic rings. The Balaban J connectivity index is 2.28. The third-order valence-corrected chi connectivity index (χ3v) is 4.59. The number of fused-ring (bicyclic) bond motifs is 2. The zero-order chi connectivity index (χ0) is 24.7. The average molecular weight is 492 g/mol. The molecule has 0 bridgehead atoms. The van der Waals surface area contributed by atoms with Crippen molar-refractivity contribution in [3.05, 3.63) is 75.6 Å². The molecule has 1 N–H and O–H groups in total. The van der Waals surface area contributed by atoms with Crippen LogP contribution in [0, 0.1) is 75.6 Å². The smallest absolute Gasteiger partial charge is 0.200 e. The zero-order valence-corrected chi connectivity index (χ0v) is 14.9. The van der Waals surface area contributed by atoms with Crippen LogP contribution in [0.3, 0.4) is 0 Å². The highest BCUT2D eigenvalue weighted by Crippen LogP contribution is 2.54. The van der Waals surface area contributed by atoms with Crippen LogP contribution >= 0.6 is 0 Å². The van der Waals surface area contributed by atoms with Crippen molar-refractivity contribution in [3.8, 4) is 0 Å². The van der Waals surface area contributed by atoms with Crippen LogP contribution in [0.2, 0.25) is 0 Å². The summed E-state index contributed by atoms with van der Waals surface area (Å²) in [6, 6.07) is 0.